The summed E-state index contributed by atoms with van der Waals surface area (Å²) in [5.41, 5.74) is 11.1. The van der Waals surface area contributed by atoms with Gasteiger partial charge in [0.2, 0.25) is 25.7 Å². The summed E-state index contributed by atoms with van der Waals surface area (Å²) in [7, 11) is -9.03. The number of nitrogens with one attached hydrogen (secondary N) is 2. The highest BCUT2D eigenvalue weighted by Gasteiger charge is 2.41. The number of rotatable bonds is 8. The number of nitrogens with two attached hydrogens (primary N) is 3. The molecule has 4 rings (SSSR count). The number of hydrogen-bond acceptors (Lipinski definition) is 13. The van der Waals surface area contributed by atoms with Crippen LogP contribution in [0.1, 0.15) is 12.8 Å². The molecular formula is C17H28N11O5S2+. The fourth-order valence-corrected chi connectivity index (χ4v) is 6.85. The maximum atomic E-state index is 13.0. The molecule has 3 aliphatic rings. The number of aliphatic hydroxyl groups is 1. The van der Waals surface area contributed by atoms with Gasteiger partial charge in [0, 0.05) is 31.0 Å². The molecule has 1 saturated heterocycles. The van der Waals surface area contributed by atoms with Crippen LogP contribution in [0.5, 0.6) is 0 Å². The Kier molecular flexibility index (Phi) is 6.77. The van der Waals surface area contributed by atoms with Gasteiger partial charge in [-0.3, -0.25) is 4.99 Å². The standard InChI is InChI=1S/C17H28N11O5S2/c18-7-11(29)8-24-35(32,33)13-2-1-12(14(15(13)34(20,30)31)28-23-10-22-26-28)27-5-3-17(4-6-27)9-21-16(19)25-17/h1-2,11,24,29H,3-10,18H2,(H3,19,21,25)(H2,20,30,31)/q+1/t11-/m1/s1. The predicted octanol–water partition coefficient (Wildman–Crippen LogP) is -2.38. The van der Waals surface area contributed by atoms with Crippen LogP contribution in [-0.2, 0) is 20.0 Å². The molecule has 0 bridgehead atoms. The summed E-state index contributed by atoms with van der Waals surface area (Å²) in [6.07, 6.45) is 0.142. The Morgan fingerprint density at radius 3 is 2.51 bits per heavy atom. The lowest BCUT2D eigenvalue weighted by molar-refractivity contribution is -0.517. The molecule has 1 aromatic rings. The Bertz CT molecular complexity index is 1300. The predicted molar refractivity (Wildman–Crippen MR) is 124 cm³/mol. The van der Waals surface area contributed by atoms with Crippen molar-refractivity contribution in [2.45, 2.75) is 34.3 Å². The van der Waals surface area contributed by atoms with Crippen LogP contribution in [0.2, 0.25) is 0 Å². The molecule has 0 saturated carbocycles. The van der Waals surface area contributed by atoms with Crippen molar-refractivity contribution in [2.75, 3.05) is 44.3 Å². The van der Waals surface area contributed by atoms with Crippen molar-refractivity contribution >= 4 is 37.4 Å². The second kappa shape index (κ2) is 9.36. The Labute approximate surface area is 202 Å². The van der Waals surface area contributed by atoms with E-state index in [0.717, 1.165) is 10.9 Å². The molecule has 0 aromatic heterocycles. The lowest BCUT2D eigenvalue weighted by atomic mass is 9.88. The molecule has 1 spiro atoms. The van der Waals surface area contributed by atoms with Crippen molar-refractivity contribution in [2.24, 2.45) is 37.1 Å². The van der Waals surface area contributed by atoms with Crippen LogP contribution >= 0.6 is 0 Å². The third kappa shape index (κ3) is 5.11. The highest BCUT2D eigenvalue weighted by atomic mass is 32.2. The summed E-state index contributed by atoms with van der Waals surface area (Å²) in [6, 6.07) is 2.63. The molecule has 192 valence electrons. The van der Waals surface area contributed by atoms with Gasteiger partial charge in [-0.1, -0.05) is 0 Å². The Balaban J connectivity index is 1.78. The molecule has 16 nitrogen and oxygen atoms in total. The number of guanidine groups is 1. The highest BCUT2D eigenvalue weighted by Crippen LogP contribution is 2.41. The number of aliphatic hydroxyl groups excluding tert-OH is 1. The first-order valence-electron chi connectivity index (χ1n) is 10.7. The zero-order valence-electron chi connectivity index (χ0n) is 18.7. The summed E-state index contributed by atoms with van der Waals surface area (Å²) in [5, 5.41) is 30.1. The van der Waals surface area contributed by atoms with Crippen LogP contribution in [0.25, 0.3) is 0 Å². The first-order chi connectivity index (χ1) is 16.5. The molecule has 18 heteroatoms. The van der Waals surface area contributed by atoms with Crippen LogP contribution in [0, 0.1) is 0 Å². The second-order valence-corrected chi connectivity index (χ2v) is 11.7. The third-order valence-electron chi connectivity index (χ3n) is 6.04. The quantitative estimate of drug-likeness (QED) is 0.196. The fourth-order valence-electron chi connectivity index (χ4n) is 4.21. The maximum Gasteiger partial charge on any atom is 0.286 e. The van der Waals surface area contributed by atoms with E-state index in [4.69, 9.17) is 16.6 Å². The molecule has 1 aromatic carbocycles. The lowest BCUT2D eigenvalue weighted by Gasteiger charge is -2.40. The Hall–Kier alpha value is -2.77. The largest absolute Gasteiger partial charge is 0.390 e. The number of azo groups is 1. The Morgan fingerprint density at radius 1 is 1.26 bits per heavy atom. The van der Waals surface area contributed by atoms with Gasteiger partial charge in [-0.05, 0) is 30.1 Å². The van der Waals surface area contributed by atoms with E-state index < -0.39 is 42.5 Å². The van der Waals surface area contributed by atoms with E-state index >= 15 is 0 Å². The average Bonchev–Trinajstić information content (AvgIpc) is 3.47. The molecule has 35 heavy (non-hydrogen) atoms. The monoisotopic (exact) mass is 530 g/mol. The molecule has 0 amide bonds. The van der Waals surface area contributed by atoms with Gasteiger partial charge in [-0.25, -0.2) is 26.7 Å². The molecule has 0 unspecified atom stereocenters. The number of sulfonamides is 2. The SMILES string of the molecule is NC[C@@H](O)CNS(=O)(=O)c1ccc(N2CCC3(CC2)CN=C(N)N3)c([N+]2=NCN=N2)c1S(N)(=O)=O. The van der Waals surface area contributed by atoms with E-state index in [-0.39, 0.29) is 24.4 Å². The molecule has 0 radical (unpaired) electrons. The highest BCUT2D eigenvalue weighted by molar-refractivity contribution is 7.92. The van der Waals surface area contributed by atoms with E-state index in [2.05, 4.69) is 30.5 Å². The molecule has 1 atom stereocenters. The van der Waals surface area contributed by atoms with E-state index in [9.17, 15) is 21.9 Å². The van der Waals surface area contributed by atoms with Gasteiger partial charge in [0.15, 0.2) is 16.1 Å². The van der Waals surface area contributed by atoms with Gasteiger partial charge in [0.25, 0.3) is 6.67 Å². The number of anilines is 1. The van der Waals surface area contributed by atoms with Crippen LogP contribution in [0.15, 0.2) is 42.4 Å². The first kappa shape index (κ1) is 25.3. The third-order valence-corrected chi connectivity index (χ3v) is 8.62. The zero-order valence-corrected chi connectivity index (χ0v) is 20.3. The molecule has 0 aliphatic carbocycles. The van der Waals surface area contributed by atoms with E-state index in [1.165, 1.54) is 6.07 Å². The summed E-state index contributed by atoms with van der Waals surface area (Å²) in [4.78, 5) is 5.82. The normalized spacial score (nSPS) is 20.6. The summed E-state index contributed by atoms with van der Waals surface area (Å²) >= 11 is 0. The number of hydrogen-bond donors (Lipinski definition) is 6. The zero-order chi connectivity index (χ0) is 25.4. The number of aliphatic imine (C=N–C) groups is 1. The summed E-state index contributed by atoms with van der Waals surface area (Å²) in [6.45, 7) is 0.847. The smallest absolute Gasteiger partial charge is 0.286 e. The molecular weight excluding hydrogens is 502 g/mol. The summed E-state index contributed by atoms with van der Waals surface area (Å²) < 4.78 is 53.8. The van der Waals surface area contributed by atoms with Crippen LogP contribution in [0.3, 0.4) is 0 Å². The van der Waals surface area contributed by atoms with Crippen molar-refractivity contribution in [3.05, 3.63) is 12.1 Å². The van der Waals surface area contributed by atoms with Crippen molar-refractivity contribution < 1.29 is 26.7 Å². The van der Waals surface area contributed by atoms with Crippen molar-refractivity contribution in [1.29, 1.82) is 0 Å². The Morgan fingerprint density at radius 2 is 1.97 bits per heavy atom. The fraction of sp³-hybridized carbons (Fsp3) is 0.588. The van der Waals surface area contributed by atoms with E-state index in [1.54, 1.807) is 0 Å². The number of piperidine rings is 1. The number of nitrogens with zero attached hydrogens (tertiary/aromatic N) is 6. The minimum absolute atomic E-state index is 0.0644. The summed E-state index contributed by atoms with van der Waals surface area (Å²) in [5.74, 6) is 0.383. The maximum absolute atomic E-state index is 13.0. The van der Waals surface area contributed by atoms with Gasteiger partial charge in [0.1, 0.15) is 4.90 Å². The van der Waals surface area contributed by atoms with Gasteiger partial charge >= 0.3 is 0 Å². The molecule has 3 heterocycles. The van der Waals surface area contributed by atoms with Crippen LogP contribution < -0.4 is 31.5 Å². The topological polar surface area (TPSA) is 246 Å². The van der Waals surface area contributed by atoms with Crippen molar-refractivity contribution in [3.63, 3.8) is 0 Å². The first-order valence-corrected chi connectivity index (χ1v) is 13.7. The second-order valence-electron chi connectivity index (χ2n) is 8.44. The van der Waals surface area contributed by atoms with Gasteiger partial charge < -0.3 is 26.8 Å². The van der Waals surface area contributed by atoms with E-state index in [1.807, 2.05) is 4.90 Å². The lowest BCUT2D eigenvalue weighted by Crippen LogP contribution is -2.55. The molecule has 3 aliphatic heterocycles. The molecule has 9 N–H and O–H groups in total. The minimum Gasteiger partial charge on any atom is -0.390 e. The van der Waals surface area contributed by atoms with Gasteiger partial charge in [0.05, 0.1) is 29.0 Å². The number of primary sulfonamides is 1. The average molecular weight is 531 g/mol. The number of benzene rings is 1. The minimum atomic E-state index is -4.60. The van der Waals surface area contributed by atoms with Gasteiger partial charge in [-0.2, -0.15) is 0 Å². The molecule has 1 fully saturated rings. The van der Waals surface area contributed by atoms with E-state index in [0.29, 0.717) is 44.1 Å². The van der Waals surface area contributed by atoms with Crippen LogP contribution in [-0.4, -0.2) is 83.7 Å². The van der Waals surface area contributed by atoms with Crippen molar-refractivity contribution in [1.82, 2.24) is 10.0 Å². The van der Waals surface area contributed by atoms with Crippen LogP contribution in [0.4, 0.5) is 11.4 Å². The van der Waals surface area contributed by atoms with Crippen molar-refractivity contribution in [3.8, 4) is 0 Å². The van der Waals surface area contributed by atoms with Gasteiger partial charge in [-0.15, -0.1) is 0 Å².